The lowest BCUT2D eigenvalue weighted by Gasteiger charge is -2.43. The molecule has 3 rings (SSSR count). The number of alkyl halides is 2. The van der Waals surface area contributed by atoms with E-state index in [4.69, 9.17) is 0 Å². The molecular formula is C15H20F2N2O. The monoisotopic (exact) mass is 282 g/mol. The van der Waals surface area contributed by atoms with Gasteiger partial charge in [0, 0.05) is 25.2 Å². The van der Waals surface area contributed by atoms with Crippen LogP contribution < -0.4 is 15.0 Å². The molecule has 1 aromatic rings. The Kier molecular flexibility index (Phi) is 3.54. The predicted octanol–water partition coefficient (Wildman–Crippen LogP) is 2.87. The Labute approximate surface area is 117 Å². The molecule has 0 radical (unpaired) electrons. The molecule has 2 aliphatic rings. The van der Waals surface area contributed by atoms with Crippen LogP contribution in [-0.2, 0) is 0 Å². The maximum atomic E-state index is 12.5. The molecule has 1 N–H and O–H groups in total. The molecule has 0 aromatic heterocycles. The SMILES string of the molecule is CC1(C2CC2)CN(c2ccccc2OC(F)F)CCN1. The Bertz CT molecular complexity index is 479. The van der Waals surface area contributed by atoms with Crippen LogP contribution in [0.3, 0.4) is 0 Å². The van der Waals surface area contributed by atoms with Gasteiger partial charge in [-0.2, -0.15) is 8.78 Å². The summed E-state index contributed by atoms with van der Waals surface area (Å²) in [6.45, 7) is 1.96. The van der Waals surface area contributed by atoms with Crippen molar-refractivity contribution in [2.24, 2.45) is 5.92 Å². The first-order valence-electron chi connectivity index (χ1n) is 7.12. The van der Waals surface area contributed by atoms with Crippen LogP contribution in [0.25, 0.3) is 0 Å². The average Bonchev–Trinajstić information content (AvgIpc) is 3.23. The summed E-state index contributed by atoms with van der Waals surface area (Å²) in [5, 5.41) is 3.59. The predicted molar refractivity (Wildman–Crippen MR) is 74.4 cm³/mol. The Balaban J connectivity index is 1.81. The van der Waals surface area contributed by atoms with E-state index < -0.39 is 6.61 Å². The number of anilines is 1. The smallest absolute Gasteiger partial charge is 0.387 e. The Morgan fingerprint density at radius 3 is 2.80 bits per heavy atom. The minimum Gasteiger partial charge on any atom is -0.433 e. The van der Waals surface area contributed by atoms with Crippen LogP contribution in [0.1, 0.15) is 19.8 Å². The second-order valence-corrected chi connectivity index (χ2v) is 5.89. The summed E-state index contributed by atoms with van der Waals surface area (Å²) in [6.07, 6.45) is 2.51. The number of ether oxygens (including phenoxy) is 1. The zero-order valence-electron chi connectivity index (χ0n) is 11.6. The van der Waals surface area contributed by atoms with E-state index in [1.807, 2.05) is 12.1 Å². The first kappa shape index (κ1) is 13.6. The molecule has 0 bridgehead atoms. The van der Waals surface area contributed by atoms with Crippen LogP contribution in [0.4, 0.5) is 14.5 Å². The third-order valence-electron chi connectivity index (χ3n) is 4.33. The van der Waals surface area contributed by atoms with Gasteiger partial charge >= 0.3 is 6.61 Å². The number of halogens is 2. The summed E-state index contributed by atoms with van der Waals surface area (Å²) in [5.41, 5.74) is 0.845. The quantitative estimate of drug-likeness (QED) is 0.919. The van der Waals surface area contributed by atoms with Crippen molar-refractivity contribution >= 4 is 5.69 Å². The van der Waals surface area contributed by atoms with Gasteiger partial charge < -0.3 is 15.0 Å². The number of nitrogens with one attached hydrogen (secondary N) is 1. The number of piperazine rings is 1. The number of hydrogen-bond donors (Lipinski definition) is 1. The van der Waals surface area contributed by atoms with Gasteiger partial charge in [-0.25, -0.2) is 0 Å². The molecule has 0 spiro atoms. The van der Waals surface area contributed by atoms with Crippen molar-refractivity contribution in [1.29, 1.82) is 0 Å². The van der Waals surface area contributed by atoms with Crippen LogP contribution in [0.15, 0.2) is 24.3 Å². The van der Waals surface area contributed by atoms with Gasteiger partial charge in [0.2, 0.25) is 0 Å². The molecule has 1 saturated heterocycles. The molecule has 1 saturated carbocycles. The van der Waals surface area contributed by atoms with Gasteiger partial charge in [-0.15, -0.1) is 0 Å². The van der Waals surface area contributed by atoms with E-state index >= 15 is 0 Å². The lowest BCUT2D eigenvalue weighted by atomic mass is 9.92. The number of benzene rings is 1. The zero-order valence-corrected chi connectivity index (χ0v) is 11.6. The zero-order chi connectivity index (χ0) is 14.2. The number of rotatable bonds is 4. The van der Waals surface area contributed by atoms with Gasteiger partial charge in [-0.05, 0) is 37.8 Å². The molecular weight excluding hydrogens is 262 g/mol. The highest BCUT2D eigenvalue weighted by Gasteiger charge is 2.44. The summed E-state index contributed by atoms with van der Waals surface area (Å²) in [7, 11) is 0. The highest BCUT2D eigenvalue weighted by Crippen LogP contribution is 2.42. The van der Waals surface area contributed by atoms with Crippen LogP contribution >= 0.6 is 0 Å². The van der Waals surface area contributed by atoms with E-state index in [-0.39, 0.29) is 11.3 Å². The second kappa shape index (κ2) is 5.20. The second-order valence-electron chi connectivity index (χ2n) is 5.89. The Morgan fingerprint density at radius 2 is 2.10 bits per heavy atom. The number of hydrogen-bond acceptors (Lipinski definition) is 3. The first-order chi connectivity index (χ1) is 9.58. The number of nitrogens with zero attached hydrogens (tertiary/aromatic N) is 1. The van der Waals surface area contributed by atoms with Gasteiger partial charge in [0.15, 0.2) is 0 Å². The number of para-hydroxylation sites is 2. The van der Waals surface area contributed by atoms with E-state index in [1.165, 1.54) is 12.8 Å². The summed E-state index contributed by atoms with van der Waals surface area (Å²) >= 11 is 0. The standard InChI is InChI=1S/C15H20F2N2O/c1-15(11-6-7-11)10-19(9-8-18-15)12-4-2-3-5-13(12)20-14(16)17/h2-5,11,14,18H,6-10H2,1H3. The summed E-state index contributed by atoms with van der Waals surface area (Å²) in [6, 6.07) is 7.06. The van der Waals surface area contributed by atoms with Gasteiger partial charge in [0.05, 0.1) is 5.69 Å². The van der Waals surface area contributed by atoms with Gasteiger partial charge in [-0.3, -0.25) is 0 Å². The minimum atomic E-state index is -2.78. The van der Waals surface area contributed by atoms with Gasteiger partial charge in [0.25, 0.3) is 0 Å². The summed E-state index contributed by atoms with van der Waals surface area (Å²) in [5.74, 6) is 0.969. The summed E-state index contributed by atoms with van der Waals surface area (Å²) in [4.78, 5) is 2.16. The largest absolute Gasteiger partial charge is 0.433 e. The van der Waals surface area contributed by atoms with Crippen molar-refractivity contribution in [3.05, 3.63) is 24.3 Å². The normalized spacial score (nSPS) is 26.9. The molecule has 110 valence electrons. The van der Waals surface area contributed by atoms with Crippen molar-refractivity contribution in [3.63, 3.8) is 0 Å². The Morgan fingerprint density at radius 1 is 1.35 bits per heavy atom. The fraction of sp³-hybridized carbons (Fsp3) is 0.600. The third kappa shape index (κ3) is 2.73. The lowest BCUT2D eigenvalue weighted by Crippen LogP contribution is -2.60. The molecule has 2 fully saturated rings. The highest BCUT2D eigenvalue weighted by atomic mass is 19.3. The van der Waals surface area contributed by atoms with Crippen molar-refractivity contribution in [2.45, 2.75) is 31.9 Å². The van der Waals surface area contributed by atoms with E-state index in [1.54, 1.807) is 12.1 Å². The summed E-state index contributed by atoms with van der Waals surface area (Å²) < 4.78 is 29.7. The van der Waals surface area contributed by atoms with Crippen molar-refractivity contribution in [2.75, 3.05) is 24.5 Å². The molecule has 1 atom stereocenters. The lowest BCUT2D eigenvalue weighted by molar-refractivity contribution is -0.0495. The Hall–Kier alpha value is -1.36. The fourth-order valence-electron chi connectivity index (χ4n) is 3.12. The molecule has 1 unspecified atom stereocenters. The van der Waals surface area contributed by atoms with Crippen LogP contribution in [-0.4, -0.2) is 31.8 Å². The van der Waals surface area contributed by atoms with Gasteiger partial charge in [-0.1, -0.05) is 12.1 Å². The maximum absolute atomic E-state index is 12.5. The molecule has 1 aromatic carbocycles. The highest BCUT2D eigenvalue weighted by molar-refractivity contribution is 5.59. The van der Waals surface area contributed by atoms with E-state index in [9.17, 15) is 8.78 Å². The molecule has 1 aliphatic carbocycles. The van der Waals surface area contributed by atoms with E-state index in [2.05, 4.69) is 21.9 Å². The molecule has 1 heterocycles. The van der Waals surface area contributed by atoms with Crippen LogP contribution in [0.5, 0.6) is 5.75 Å². The molecule has 20 heavy (non-hydrogen) atoms. The maximum Gasteiger partial charge on any atom is 0.387 e. The van der Waals surface area contributed by atoms with E-state index in [0.29, 0.717) is 5.92 Å². The molecule has 3 nitrogen and oxygen atoms in total. The van der Waals surface area contributed by atoms with Gasteiger partial charge in [0.1, 0.15) is 5.75 Å². The van der Waals surface area contributed by atoms with Crippen molar-refractivity contribution < 1.29 is 13.5 Å². The molecule has 0 amide bonds. The first-order valence-corrected chi connectivity index (χ1v) is 7.12. The molecule has 5 heteroatoms. The minimum absolute atomic E-state index is 0.0796. The van der Waals surface area contributed by atoms with Crippen molar-refractivity contribution in [3.8, 4) is 5.75 Å². The third-order valence-corrected chi connectivity index (χ3v) is 4.33. The van der Waals surface area contributed by atoms with Crippen LogP contribution in [0.2, 0.25) is 0 Å². The average molecular weight is 282 g/mol. The van der Waals surface area contributed by atoms with Crippen molar-refractivity contribution in [1.82, 2.24) is 5.32 Å². The topological polar surface area (TPSA) is 24.5 Å². The van der Waals surface area contributed by atoms with Crippen LogP contribution in [0, 0.1) is 5.92 Å². The van der Waals surface area contributed by atoms with E-state index in [0.717, 1.165) is 25.3 Å². The fourth-order valence-corrected chi connectivity index (χ4v) is 3.12. The molecule has 1 aliphatic heterocycles.